The molecule has 0 saturated heterocycles. The molecule has 3 heteroatoms. The molecule has 0 spiro atoms. The Kier molecular flexibility index (Phi) is 5.40. The fraction of sp³-hybridized carbons (Fsp3) is 0.562. The molecular formula is C16H25NO2. The molecule has 0 aliphatic carbocycles. The number of benzene rings is 1. The second kappa shape index (κ2) is 6.60. The van der Waals surface area contributed by atoms with Gasteiger partial charge in [-0.25, -0.2) is 0 Å². The maximum atomic E-state index is 11.2. The minimum Gasteiger partial charge on any atom is -0.481 e. The molecule has 0 heterocycles. The van der Waals surface area contributed by atoms with Crippen LogP contribution in [0.4, 0.5) is 5.69 Å². The van der Waals surface area contributed by atoms with E-state index in [-0.39, 0.29) is 11.8 Å². The fourth-order valence-corrected chi connectivity index (χ4v) is 2.23. The van der Waals surface area contributed by atoms with E-state index in [4.69, 9.17) is 0 Å². The van der Waals surface area contributed by atoms with Gasteiger partial charge in [-0.2, -0.15) is 0 Å². The van der Waals surface area contributed by atoms with Crippen LogP contribution in [0.15, 0.2) is 18.2 Å². The van der Waals surface area contributed by atoms with E-state index in [0.29, 0.717) is 12.5 Å². The van der Waals surface area contributed by atoms with Crippen molar-refractivity contribution in [3.63, 3.8) is 0 Å². The molecule has 1 rings (SSSR count). The van der Waals surface area contributed by atoms with Crippen LogP contribution in [0.3, 0.4) is 0 Å². The van der Waals surface area contributed by atoms with E-state index in [0.717, 1.165) is 5.69 Å². The van der Waals surface area contributed by atoms with Crippen LogP contribution in [0.1, 0.15) is 44.7 Å². The summed E-state index contributed by atoms with van der Waals surface area (Å²) >= 11 is 0. The van der Waals surface area contributed by atoms with Crippen LogP contribution in [-0.4, -0.2) is 17.6 Å². The third-order valence-electron chi connectivity index (χ3n) is 3.55. The minimum absolute atomic E-state index is 0.122. The highest BCUT2D eigenvalue weighted by Crippen LogP contribution is 2.28. The first kappa shape index (κ1) is 15.5. The summed E-state index contributed by atoms with van der Waals surface area (Å²) in [5.41, 5.74) is 3.50. The van der Waals surface area contributed by atoms with Crippen molar-refractivity contribution < 1.29 is 9.90 Å². The molecule has 2 N–H and O–H groups in total. The summed E-state index contributed by atoms with van der Waals surface area (Å²) in [5.74, 6) is -0.553. The Morgan fingerprint density at radius 3 is 2.37 bits per heavy atom. The third-order valence-corrected chi connectivity index (χ3v) is 3.55. The fourth-order valence-electron chi connectivity index (χ4n) is 2.23. The van der Waals surface area contributed by atoms with Gasteiger partial charge >= 0.3 is 5.97 Å². The van der Waals surface area contributed by atoms with Gasteiger partial charge in [0.05, 0.1) is 5.92 Å². The zero-order chi connectivity index (χ0) is 14.6. The van der Waals surface area contributed by atoms with Crippen molar-refractivity contribution in [2.45, 2.75) is 40.5 Å². The molecule has 19 heavy (non-hydrogen) atoms. The van der Waals surface area contributed by atoms with Gasteiger partial charge in [0.2, 0.25) is 0 Å². The van der Waals surface area contributed by atoms with E-state index in [1.807, 2.05) is 19.9 Å². The number of hydrogen-bond acceptors (Lipinski definition) is 2. The molecule has 1 unspecified atom stereocenters. The van der Waals surface area contributed by atoms with Crippen molar-refractivity contribution in [2.24, 2.45) is 11.8 Å². The van der Waals surface area contributed by atoms with Crippen molar-refractivity contribution in [1.82, 2.24) is 0 Å². The summed E-state index contributed by atoms with van der Waals surface area (Å²) in [6.07, 6.45) is 0. The number of carbonyl (C=O) groups is 1. The lowest BCUT2D eigenvalue weighted by Crippen LogP contribution is -2.28. The summed E-state index contributed by atoms with van der Waals surface area (Å²) in [6, 6.07) is 6.21. The van der Waals surface area contributed by atoms with E-state index in [1.165, 1.54) is 11.1 Å². The second-order valence-electron chi connectivity index (χ2n) is 5.76. The predicted molar refractivity (Wildman–Crippen MR) is 79.7 cm³/mol. The van der Waals surface area contributed by atoms with Gasteiger partial charge in [0.15, 0.2) is 0 Å². The van der Waals surface area contributed by atoms with Gasteiger partial charge in [0.25, 0.3) is 0 Å². The number of carboxylic acid groups (broad SMARTS) is 1. The first-order chi connectivity index (χ1) is 8.84. The van der Waals surface area contributed by atoms with Crippen LogP contribution in [-0.2, 0) is 4.79 Å². The van der Waals surface area contributed by atoms with Gasteiger partial charge in [-0.05, 0) is 29.9 Å². The van der Waals surface area contributed by atoms with Gasteiger partial charge < -0.3 is 10.4 Å². The highest BCUT2D eigenvalue weighted by atomic mass is 16.4. The quantitative estimate of drug-likeness (QED) is 0.818. The van der Waals surface area contributed by atoms with Crippen LogP contribution in [0.2, 0.25) is 0 Å². The molecule has 0 aliphatic heterocycles. The van der Waals surface area contributed by atoms with Crippen LogP contribution in [0, 0.1) is 18.8 Å². The number of aliphatic carboxylic acids is 1. The van der Waals surface area contributed by atoms with Gasteiger partial charge in [0.1, 0.15) is 0 Å². The Hall–Kier alpha value is -1.51. The number of para-hydroxylation sites is 1. The first-order valence-corrected chi connectivity index (χ1v) is 6.90. The topological polar surface area (TPSA) is 49.3 Å². The Labute approximate surface area is 116 Å². The average molecular weight is 263 g/mol. The van der Waals surface area contributed by atoms with Gasteiger partial charge in [0, 0.05) is 12.2 Å². The smallest absolute Gasteiger partial charge is 0.308 e. The van der Waals surface area contributed by atoms with E-state index in [1.54, 1.807) is 0 Å². The highest BCUT2D eigenvalue weighted by Gasteiger charge is 2.21. The van der Waals surface area contributed by atoms with Crippen LogP contribution < -0.4 is 5.32 Å². The van der Waals surface area contributed by atoms with Crippen LogP contribution in [0.25, 0.3) is 0 Å². The maximum absolute atomic E-state index is 11.2. The normalized spacial score (nSPS) is 12.8. The monoisotopic (exact) mass is 263 g/mol. The molecule has 0 bridgehead atoms. The molecule has 0 fully saturated rings. The molecule has 0 radical (unpaired) electrons. The molecule has 106 valence electrons. The van der Waals surface area contributed by atoms with Crippen molar-refractivity contribution in [3.05, 3.63) is 29.3 Å². The number of rotatable bonds is 6. The van der Waals surface area contributed by atoms with E-state index in [2.05, 4.69) is 38.2 Å². The lowest BCUT2D eigenvalue weighted by molar-refractivity contribution is -0.142. The van der Waals surface area contributed by atoms with Gasteiger partial charge in [-0.3, -0.25) is 4.79 Å². The number of nitrogens with one attached hydrogen (secondary N) is 1. The number of anilines is 1. The minimum atomic E-state index is -0.734. The lowest BCUT2D eigenvalue weighted by atomic mass is 9.94. The number of aryl methyl sites for hydroxylation is 1. The third kappa shape index (κ3) is 3.98. The summed E-state index contributed by atoms with van der Waals surface area (Å²) in [5, 5.41) is 12.6. The molecule has 1 atom stereocenters. The SMILES string of the molecule is Cc1cccc(C(C)C)c1NCC(C(=O)O)C(C)C. The van der Waals surface area contributed by atoms with Crippen molar-refractivity contribution in [1.29, 1.82) is 0 Å². The molecule has 0 amide bonds. The standard InChI is InChI=1S/C16H25NO2/c1-10(2)13-8-6-7-12(5)15(13)17-9-14(11(3)4)16(18)19/h6-8,10-11,14,17H,9H2,1-5H3,(H,18,19). The van der Waals surface area contributed by atoms with Crippen LogP contribution >= 0.6 is 0 Å². The molecule has 0 aliphatic rings. The van der Waals surface area contributed by atoms with Crippen molar-refractivity contribution in [3.8, 4) is 0 Å². The lowest BCUT2D eigenvalue weighted by Gasteiger charge is -2.21. The average Bonchev–Trinajstić information content (AvgIpc) is 2.29. The zero-order valence-corrected chi connectivity index (χ0v) is 12.5. The Balaban J connectivity index is 2.90. The van der Waals surface area contributed by atoms with E-state index in [9.17, 15) is 9.90 Å². The van der Waals surface area contributed by atoms with Crippen molar-refractivity contribution in [2.75, 3.05) is 11.9 Å². The summed E-state index contributed by atoms with van der Waals surface area (Å²) in [4.78, 5) is 11.2. The maximum Gasteiger partial charge on any atom is 0.308 e. The second-order valence-corrected chi connectivity index (χ2v) is 5.76. The summed E-state index contributed by atoms with van der Waals surface area (Å²) in [6.45, 7) is 10.7. The summed E-state index contributed by atoms with van der Waals surface area (Å²) in [7, 11) is 0. The van der Waals surface area contributed by atoms with E-state index >= 15 is 0 Å². The highest BCUT2D eigenvalue weighted by molar-refractivity contribution is 5.71. The largest absolute Gasteiger partial charge is 0.481 e. The molecule has 0 aromatic heterocycles. The Morgan fingerprint density at radius 2 is 1.89 bits per heavy atom. The number of hydrogen-bond donors (Lipinski definition) is 2. The van der Waals surface area contributed by atoms with Gasteiger partial charge in [-0.15, -0.1) is 0 Å². The molecule has 3 nitrogen and oxygen atoms in total. The Bertz CT molecular complexity index is 438. The summed E-state index contributed by atoms with van der Waals surface area (Å²) < 4.78 is 0. The Morgan fingerprint density at radius 1 is 1.26 bits per heavy atom. The van der Waals surface area contributed by atoms with Crippen molar-refractivity contribution >= 4 is 11.7 Å². The zero-order valence-electron chi connectivity index (χ0n) is 12.5. The van der Waals surface area contributed by atoms with Gasteiger partial charge in [-0.1, -0.05) is 45.9 Å². The van der Waals surface area contributed by atoms with E-state index < -0.39 is 5.97 Å². The molecular weight excluding hydrogens is 238 g/mol. The van der Waals surface area contributed by atoms with Crippen LogP contribution in [0.5, 0.6) is 0 Å². The first-order valence-electron chi connectivity index (χ1n) is 6.90. The molecule has 1 aromatic rings. The number of carboxylic acids is 1. The predicted octanol–water partition coefficient (Wildman–Crippen LogP) is 3.89. The molecule has 1 aromatic carbocycles. The molecule has 0 saturated carbocycles.